The lowest BCUT2D eigenvalue weighted by Gasteiger charge is -1.92. The maximum Gasteiger partial charge on any atom is 0.0341 e. The molecule has 16 heavy (non-hydrogen) atoms. The van der Waals surface area contributed by atoms with E-state index in [1.54, 1.807) is 24.8 Å². The van der Waals surface area contributed by atoms with E-state index in [9.17, 15) is 0 Å². The minimum Gasteiger partial charge on any atom is -0.265 e. The van der Waals surface area contributed by atoms with Crippen LogP contribution in [0.5, 0.6) is 0 Å². The number of pyridine rings is 2. The first-order valence-corrected chi connectivity index (χ1v) is 5.19. The molecule has 2 heterocycles. The minimum atomic E-state index is 0.785. The summed E-state index contributed by atoms with van der Waals surface area (Å²) in [7, 11) is 0. The number of nitrogens with zero attached hydrogens (tertiary/aromatic N) is 2. The van der Waals surface area contributed by atoms with Crippen molar-refractivity contribution in [3.63, 3.8) is 0 Å². The molecule has 2 rings (SSSR count). The lowest BCUT2D eigenvalue weighted by atomic mass is 10.2. The molecule has 0 N–H and O–H groups in total. The fraction of sp³-hybridized carbons (Fsp3) is 0.143. The Kier molecular flexibility index (Phi) is 3.68. The van der Waals surface area contributed by atoms with Gasteiger partial charge in [0.1, 0.15) is 0 Å². The first-order chi connectivity index (χ1) is 7.95. The fourth-order valence-corrected chi connectivity index (χ4v) is 1.33. The monoisotopic (exact) mass is 208 g/mol. The van der Waals surface area contributed by atoms with Gasteiger partial charge in [0.2, 0.25) is 0 Å². The molecule has 0 radical (unpaired) electrons. The maximum absolute atomic E-state index is 3.97. The first-order valence-electron chi connectivity index (χ1n) is 5.19. The smallest absolute Gasteiger partial charge is 0.0341 e. The molecular weight excluding hydrogens is 196 g/mol. The Labute approximate surface area is 95.4 Å². The predicted octanol–water partition coefficient (Wildman–Crippen LogP) is 2.27. The van der Waals surface area contributed by atoms with Gasteiger partial charge < -0.3 is 0 Å². The minimum absolute atomic E-state index is 0.785. The van der Waals surface area contributed by atoms with Crippen molar-refractivity contribution in [2.24, 2.45) is 0 Å². The lowest BCUT2D eigenvalue weighted by molar-refractivity contribution is 1.22. The zero-order valence-electron chi connectivity index (χ0n) is 8.93. The van der Waals surface area contributed by atoms with E-state index in [2.05, 4.69) is 21.8 Å². The second-order valence-corrected chi connectivity index (χ2v) is 3.42. The van der Waals surface area contributed by atoms with Crippen molar-refractivity contribution < 1.29 is 0 Å². The van der Waals surface area contributed by atoms with E-state index in [1.165, 1.54) is 11.1 Å². The molecule has 0 saturated carbocycles. The molecule has 0 bridgehead atoms. The molecule has 0 spiro atoms. The van der Waals surface area contributed by atoms with E-state index in [-0.39, 0.29) is 0 Å². The Morgan fingerprint density at radius 3 is 1.44 bits per heavy atom. The average Bonchev–Trinajstić information content (AvgIpc) is 2.37. The van der Waals surface area contributed by atoms with Gasteiger partial charge in [-0.1, -0.05) is 11.8 Å². The second kappa shape index (κ2) is 5.67. The number of rotatable bonds is 2. The van der Waals surface area contributed by atoms with Gasteiger partial charge in [-0.2, -0.15) is 0 Å². The van der Waals surface area contributed by atoms with Crippen LogP contribution in [-0.2, 0) is 12.8 Å². The molecule has 0 fully saturated rings. The highest BCUT2D eigenvalue weighted by Crippen LogP contribution is 1.98. The first kappa shape index (κ1) is 10.4. The molecule has 0 saturated heterocycles. The summed E-state index contributed by atoms with van der Waals surface area (Å²) >= 11 is 0. The summed E-state index contributed by atoms with van der Waals surface area (Å²) in [4.78, 5) is 7.93. The van der Waals surface area contributed by atoms with Crippen molar-refractivity contribution >= 4 is 0 Å². The summed E-state index contributed by atoms with van der Waals surface area (Å²) < 4.78 is 0. The summed E-state index contributed by atoms with van der Waals surface area (Å²) in [6.45, 7) is 0. The number of aromatic nitrogens is 2. The molecule has 78 valence electrons. The molecule has 2 aromatic heterocycles. The molecule has 0 atom stereocenters. The topological polar surface area (TPSA) is 25.8 Å². The van der Waals surface area contributed by atoms with Crippen molar-refractivity contribution in [3.8, 4) is 11.8 Å². The molecule has 0 aliphatic heterocycles. The van der Waals surface area contributed by atoms with Crippen molar-refractivity contribution in [1.82, 2.24) is 9.97 Å². The molecule has 2 aromatic rings. The molecule has 0 amide bonds. The zero-order chi connectivity index (χ0) is 11.1. The third-order valence-corrected chi connectivity index (χ3v) is 2.21. The van der Waals surface area contributed by atoms with E-state index in [4.69, 9.17) is 0 Å². The molecule has 0 aliphatic rings. The largest absolute Gasteiger partial charge is 0.265 e. The summed E-state index contributed by atoms with van der Waals surface area (Å²) in [5.74, 6) is 6.30. The SMILES string of the molecule is C(#CCc1ccncc1)Cc1ccncc1. The van der Waals surface area contributed by atoms with Gasteiger partial charge in [-0.05, 0) is 35.4 Å². The van der Waals surface area contributed by atoms with Crippen LogP contribution in [0.1, 0.15) is 11.1 Å². The van der Waals surface area contributed by atoms with E-state index >= 15 is 0 Å². The molecular formula is C14H12N2. The van der Waals surface area contributed by atoms with Gasteiger partial charge in [0.25, 0.3) is 0 Å². The van der Waals surface area contributed by atoms with E-state index < -0.39 is 0 Å². The van der Waals surface area contributed by atoms with E-state index in [0.29, 0.717) is 0 Å². The Bertz CT molecular complexity index is 435. The van der Waals surface area contributed by atoms with Gasteiger partial charge in [0.15, 0.2) is 0 Å². The highest BCUT2D eigenvalue weighted by molar-refractivity contribution is 5.22. The predicted molar refractivity (Wildman–Crippen MR) is 63.7 cm³/mol. The van der Waals surface area contributed by atoms with Crippen LogP contribution in [-0.4, -0.2) is 9.97 Å². The number of hydrogen-bond acceptors (Lipinski definition) is 2. The fourth-order valence-electron chi connectivity index (χ4n) is 1.33. The van der Waals surface area contributed by atoms with Gasteiger partial charge >= 0.3 is 0 Å². The highest BCUT2D eigenvalue weighted by Gasteiger charge is 1.87. The average molecular weight is 208 g/mol. The lowest BCUT2D eigenvalue weighted by Crippen LogP contribution is -1.83. The summed E-state index contributed by atoms with van der Waals surface area (Å²) in [5, 5.41) is 0. The summed E-state index contributed by atoms with van der Waals surface area (Å²) in [6.07, 6.45) is 8.74. The Balaban J connectivity index is 1.88. The molecule has 0 unspecified atom stereocenters. The van der Waals surface area contributed by atoms with E-state index in [1.807, 2.05) is 24.3 Å². The Morgan fingerprint density at radius 2 is 1.06 bits per heavy atom. The second-order valence-electron chi connectivity index (χ2n) is 3.42. The highest BCUT2D eigenvalue weighted by atomic mass is 14.6. The van der Waals surface area contributed by atoms with Gasteiger partial charge in [-0.15, -0.1) is 0 Å². The van der Waals surface area contributed by atoms with Crippen LogP contribution >= 0.6 is 0 Å². The van der Waals surface area contributed by atoms with Crippen LogP contribution in [0.15, 0.2) is 49.1 Å². The van der Waals surface area contributed by atoms with Gasteiger partial charge in [0, 0.05) is 37.6 Å². The van der Waals surface area contributed by atoms with Crippen LogP contribution in [0.3, 0.4) is 0 Å². The quantitative estimate of drug-likeness (QED) is 0.707. The molecule has 2 heteroatoms. The zero-order valence-corrected chi connectivity index (χ0v) is 8.93. The van der Waals surface area contributed by atoms with Crippen molar-refractivity contribution in [1.29, 1.82) is 0 Å². The van der Waals surface area contributed by atoms with Crippen molar-refractivity contribution in [2.75, 3.05) is 0 Å². The normalized spacial score (nSPS) is 9.25. The van der Waals surface area contributed by atoms with Gasteiger partial charge in [0.05, 0.1) is 0 Å². The van der Waals surface area contributed by atoms with Gasteiger partial charge in [-0.3, -0.25) is 9.97 Å². The van der Waals surface area contributed by atoms with Crippen LogP contribution in [0.25, 0.3) is 0 Å². The third-order valence-electron chi connectivity index (χ3n) is 2.21. The van der Waals surface area contributed by atoms with Crippen molar-refractivity contribution in [3.05, 3.63) is 60.2 Å². The van der Waals surface area contributed by atoms with Crippen LogP contribution in [0.4, 0.5) is 0 Å². The summed E-state index contributed by atoms with van der Waals surface area (Å²) in [6, 6.07) is 7.95. The van der Waals surface area contributed by atoms with Crippen molar-refractivity contribution in [2.45, 2.75) is 12.8 Å². The Hall–Kier alpha value is -2.14. The van der Waals surface area contributed by atoms with Gasteiger partial charge in [-0.25, -0.2) is 0 Å². The maximum atomic E-state index is 3.97. The standard InChI is InChI=1S/C14H12N2/c1(3-13-5-9-15-10-6-13)2-4-14-7-11-16-12-8-14/h5-12H,3-4H2. The van der Waals surface area contributed by atoms with Crippen LogP contribution in [0, 0.1) is 11.8 Å². The molecule has 0 aromatic carbocycles. The van der Waals surface area contributed by atoms with Crippen LogP contribution < -0.4 is 0 Å². The Morgan fingerprint density at radius 1 is 0.688 bits per heavy atom. The number of hydrogen-bond donors (Lipinski definition) is 0. The molecule has 0 aliphatic carbocycles. The van der Waals surface area contributed by atoms with Crippen LogP contribution in [0.2, 0.25) is 0 Å². The van der Waals surface area contributed by atoms with E-state index in [0.717, 1.165) is 12.8 Å². The molecule has 2 nitrogen and oxygen atoms in total. The summed E-state index contributed by atoms with van der Waals surface area (Å²) in [5.41, 5.74) is 2.41. The third kappa shape index (κ3) is 3.21.